The van der Waals surface area contributed by atoms with E-state index in [2.05, 4.69) is 5.32 Å². The SMILES string of the molecule is CS(=O)(=O)c1ccc(Cl)c(NCc2sccc2N)c1. The molecular formula is C12H13ClN2O2S2. The number of nitrogen functional groups attached to an aromatic ring is 1. The van der Waals surface area contributed by atoms with Gasteiger partial charge in [-0.2, -0.15) is 0 Å². The number of rotatable bonds is 4. The maximum absolute atomic E-state index is 11.5. The summed E-state index contributed by atoms with van der Waals surface area (Å²) in [6.45, 7) is 0.510. The normalized spacial score (nSPS) is 11.5. The Kier molecular flexibility index (Phi) is 4.03. The molecule has 0 aliphatic rings. The van der Waals surface area contributed by atoms with Gasteiger partial charge in [0.05, 0.1) is 22.2 Å². The molecule has 0 spiro atoms. The molecule has 0 bridgehead atoms. The van der Waals surface area contributed by atoms with Gasteiger partial charge >= 0.3 is 0 Å². The minimum absolute atomic E-state index is 0.235. The topological polar surface area (TPSA) is 72.2 Å². The van der Waals surface area contributed by atoms with Crippen molar-refractivity contribution >= 4 is 44.1 Å². The molecule has 1 heterocycles. The van der Waals surface area contributed by atoms with E-state index in [9.17, 15) is 8.42 Å². The summed E-state index contributed by atoms with van der Waals surface area (Å²) in [5, 5.41) is 5.48. The number of benzene rings is 1. The van der Waals surface area contributed by atoms with Gasteiger partial charge in [-0.3, -0.25) is 0 Å². The number of nitrogens with one attached hydrogen (secondary N) is 1. The standard InChI is InChI=1S/C12H13ClN2O2S2/c1-19(16,17)8-2-3-9(13)11(6-8)15-7-12-10(14)4-5-18-12/h2-6,15H,7,14H2,1H3. The molecule has 0 saturated carbocycles. The van der Waals surface area contributed by atoms with Crippen LogP contribution in [-0.4, -0.2) is 14.7 Å². The van der Waals surface area contributed by atoms with Crippen molar-refractivity contribution in [2.75, 3.05) is 17.3 Å². The fraction of sp³-hybridized carbons (Fsp3) is 0.167. The predicted molar refractivity (Wildman–Crippen MR) is 80.6 cm³/mol. The summed E-state index contributed by atoms with van der Waals surface area (Å²) in [7, 11) is -3.24. The zero-order valence-electron chi connectivity index (χ0n) is 10.2. The van der Waals surface area contributed by atoms with Crippen molar-refractivity contribution in [2.24, 2.45) is 0 Å². The van der Waals surface area contributed by atoms with Gasteiger partial charge in [0, 0.05) is 16.8 Å². The maximum atomic E-state index is 11.5. The molecule has 0 radical (unpaired) electrons. The second kappa shape index (κ2) is 5.40. The van der Waals surface area contributed by atoms with Gasteiger partial charge in [-0.05, 0) is 29.6 Å². The van der Waals surface area contributed by atoms with Crippen LogP contribution in [0.1, 0.15) is 4.88 Å². The zero-order valence-corrected chi connectivity index (χ0v) is 12.6. The van der Waals surface area contributed by atoms with Gasteiger partial charge in [-0.1, -0.05) is 11.6 Å². The van der Waals surface area contributed by atoms with Gasteiger partial charge in [0.25, 0.3) is 0 Å². The Labute approximate surface area is 121 Å². The highest BCUT2D eigenvalue weighted by molar-refractivity contribution is 7.90. The van der Waals surface area contributed by atoms with Crippen molar-refractivity contribution in [3.63, 3.8) is 0 Å². The number of hydrogen-bond acceptors (Lipinski definition) is 5. The van der Waals surface area contributed by atoms with E-state index in [0.29, 0.717) is 22.9 Å². The van der Waals surface area contributed by atoms with Gasteiger partial charge in [0.15, 0.2) is 9.84 Å². The van der Waals surface area contributed by atoms with Crippen LogP contribution in [0.25, 0.3) is 0 Å². The second-order valence-corrected chi connectivity index (χ2v) is 7.49. The van der Waals surface area contributed by atoms with Crippen molar-refractivity contribution in [3.8, 4) is 0 Å². The lowest BCUT2D eigenvalue weighted by Gasteiger charge is -2.09. The first-order chi connectivity index (χ1) is 8.88. The summed E-state index contributed by atoms with van der Waals surface area (Å²) in [5.74, 6) is 0. The predicted octanol–water partition coefficient (Wildman–Crippen LogP) is 3.00. The van der Waals surface area contributed by atoms with Gasteiger partial charge in [0.1, 0.15) is 0 Å². The highest BCUT2D eigenvalue weighted by Gasteiger charge is 2.10. The summed E-state index contributed by atoms with van der Waals surface area (Å²) in [6.07, 6.45) is 1.16. The summed E-state index contributed by atoms with van der Waals surface area (Å²) in [6, 6.07) is 6.41. The molecule has 0 amide bonds. The van der Waals surface area contributed by atoms with Crippen LogP contribution in [0.5, 0.6) is 0 Å². The van der Waals surface area contributed by atoms with E-state index < -0.39 is 9.84 Å². The average Bonchev–Trinajstić information content (AvgIpc) is 2.72. The molecule has 19 heavy (non-hydrogen) atoms. The summed E-state index contributed by atoms with van der Waals surface area (Å²) >= 11 is 7.58. The largest absolute Gasteiger partial charge is 0.398 e. The lowest BCUT2D eigenvalue weighted by molar-refractivity contribution is 0.602. The molecule has 3 N–H and O–H groups in total. The van der Waals surface area contributed by atoms with E-state index in [-0.39, 0.29) is 4.90 Å². The Hall–Kier alpha value is -1.24. The molecule has 0 fully saturated rings. The fourth-order valence-corrected chi connectivity index (χ4v) is 3.11. The first-order valence-corrected chi connectivity index (χ1v) is 8.58. The van der Waals surface area contributed by atoms with Crippen molar-refractivity contribution in [1.29, 1.82) is 0 Å². The lowest BCUT2D eigenvalue weighted by Crippen LogP contribution is -2.03. The van der Waals surface area contributed by atoms with E-state index in [4.69, 9.17) is 17.3 Å². The number of thiophene rings is 1. The molecule has 2 aromatic rings. The molecule has 0 aliphatic carbocycles. The van der Waals surface area contributed by atoms with Crippen LogP contribution >= 0.6 is 22.9 Å². The third kappa shape index (κ3) is 3.40. The van der Waals surface area contributed by atoms with E-state index in [1.165, 1.54) is 23.5 Å². The minimum Gasteiger partial charge on any atom is -0.398 e. The van der Waals surface area contributed by atoms with Crippen LogP contribution < -0.4 is 11.1 Å². The maximum Gasteiger partial charge on any atom is 0.175 e. The molecule has 1 aromatic carbocycles. The van der Waals surface area contributed by atoms with Crippen LogP contribution in [0.4, 0.5) is 11.4 Å². The molecule has 0 atom stereocenters. The van der Waals surface area contributed by atoms with Crippen LogP contribution in [-0.2, 0) is 16.4 Å². The van der Waals surface area contributed by atoms with E-state index in [1.54, 1.807) is 6.07 Å². The highest BCUT2D eigenvalue weighted by atomic mass is 35.5. The van der Waals surface area contributed by atoms with E-state index in [0.717, 1.165) is 11.1 Å². The second-order valence-electron chi connectivity index (χ2n) is 4.07. The number of nitrogens with two attached hydrogens (primary N) is 1. The molecule has 0 unspecified atom stereocenters. The van der Waals surface area contributed by atoms with Crippen LogP contribution in [0, 0.1) is 0 Å². The highest BCUT2D eigenvalue weighted by Crippen LogP contribution is 2.27. The number of halogens is 1. The van der Waals surface area contributed by atoms with Gasteiger partial charge in [0.2, 0.25) is 0 Å². The molecule has 4 nitrogen and oxygen atoms in total. The van der Waals surface area contributed by atoms with Gasteiger partial charge < -0.3 is 11.1 Å². The first-order valence-electron chi connectivity index (χ1n) is 5.43. The van der Waals surface area contributed by atoms with Crippen molar-refractivity contribution < 1.29 is 8.42 Å². The van der Waals surface area contributed by atoms with Crippen molar-refractivity contribution in [3.05, 3.63) is 39.5 Å². The molecule has 1 aromatic heterocycles. The Morgan fingerprint density at radius 1 is 1.37 bits per heavy atom. The monoisotopic (exact) mass is 316 g/mol. The van der Waals surface area contributed by atoms with Gasteiger partial charge in [-0.15, -0.1) is 11.3 Å². The number of hydrogen-bond donors (Lipinski definition) is 2. The molecule has 102 valence electrons. The smallest absolute Gasteiger partial charge is 0.175 e. The minimum atomic E-state index is -3.24. The summed E-state index contributed by atoms with van der Waals surface area (Å²) in [4.78, 5) is 1.22. The van der Waals surface area contributed by atoms with E-state index >= 15 is 0 Å². The lowest BCUT2D eigenvalue weighted by atomic mass is 10.3. The third-order valence-corrected chi connectivity index (χ3v) is 4.96. The average molecular weight is 317 g/mol. The van der Waals surface area contributed by atoms with Crippen LogP contribution in [0.15, 0.2) is 34.5 Å². The zero-order chi connectivity index (χ0) is 14.0. The third-order valence-electron chi connectivity index (χ3n) is 2.59. The molecule has 0 aliphatic heterocycles. The van der Waals surface area contributed by atoms with Crippen LogP contribution in [0.2, 0.25) is 5.02 Å². The number of sulfone groups is 1. The molecule has 0 saturated heterocycles. The molecule has 7 heteroatoms. The Morgan fingerprint density at radius 2 is 2.11 bits per heavy atom. The molecule has 2 rings (SSSR count). The summed E-state index contributed by atoms with van der Waals surface area (Å²) in [5.41, 5.74) is 7.08. The van der Waals surface area contributed by atoms with E-state index in [1.807, 2.05) is 11.4 Å². The molecular weight excluding hydrogens is 304 g/mol. The van der Waals surface area contributed by atoms with Crippen LogP contribution in [0.3, 0.4) is 0 Å². The first kappa shape index (κ1) is 14.2. The number of anilines is 2. The van der Waals surface area contributed by atoms with Gasteiger partial charge in [-0.25, -0.2) is 8.42 Å². The van der Waals surface area contributed by atoms with Crippen molar-refractivity contribution in [1.82, 2.24) is 0 Å². The quantitative estimate of drug-likeness (QED) is 0.909. The Balaban J connectivity index is 2.23. The fourth-order valence-electron chi connectivity index (χ4n) is 1.54. The van der Waals surface area contributed by atoms with Crippen molar-refractivity contribution in [2.45, 2.75) is 11.4 Å². The summed E-state index contributed by atoms with van der Waals surface area (Å²) < 4.78 is 23.0. The Bertz CT molecular complexity index is 696. The Morgan fingerprint density at radius 3 is 2.68 bits per heavy atom.